The van der Waals surface area contributed by atoms with Gasteiger partial charge in [-0.05, 0) is 18.2 Å². The van der Waals surface area contributed by atoms with Gasteiger partial charge in [0.2, 0.25) is 0 Å². The van der Waals surface area contributed by atoms with Crippen LogP contribution in [0.1, 0.15) is 28.4 Å². The fourth-order valence-electron chi connectivity index (χ4n) is 1.25. The number of thiol groups is 1. The Morgan fingerprint density at radius 1 is 1.44 bits per heavy atom. The van der Waals surface area contributed by atoms with Crippen LogP contribution in [-0.4, -0.2) is 38.1 Å². The third kappa shape index (κ3) is 3.19. The molecule has 0 saturated carbocycles. The molecule has 2 atom stereocenters. The molecule has 0 spiro atoms. The predicted molar refractivity (Wildman–Crippen MR) is 60.6 cm³/mol. The lowest BCUT2D eigenvalue weighted by Crippen LogP contribution is -2.19. The van der Waals surface area contributed by atoms with E-state index in [9.17, 15) is 15.0 Å². The van der Waals surface area contributed by atoms with Crippen LogP contribution in [0.25, 0.3) is 0 Å². The standard InChI is InChI=1S/C10H13NO4S/c12-8(1-2-16)9(13)6-3-7(10(14)15)5-11-4-6/h3-5,8-9,12-13,16H,1-2H2,(H,14,15). The van der Waals surface area contributed by atoms with Crippen LogP contribution in [0, 0.1) is 0 Å². The van der Waals surface area contributed by atoms with Crippen molar-refractivity contribution in [2.24, 2.45) is 0 Å². The van der Waals surface area contributed by atoms with E-state index in [2.05, 4.69) is 17.6 Å². The second kappa shape index (κ2) is 5.83. The van der Waals surface area contributed by atoms with E-state index < -0.39 is 18.2 Å². The summed E-state index contributed by atoms with van der Waals surface area (Å²) in [6.45, 7) is 0. The molecular weight excluding hydrogens is 230 g/mol. The van der Waals surface area contributed by atoms with Crippen molar-refractivity contribution < 1.29 is 20.1 Å². The van der Waals surface area contributed by atoms with E-state index >= 15 is 0 Å². The van der Waals surface area contributed by atoms with Crippen LogP contribution in [0.2, 0.25) is 0 Å². The van der Waals surface area contributed by atoms with Gasteiger partial charge in [0, 0.05) is 18.0 Å². The van der Waals surface area contributed by atoms with Gasteiger partial charge in [-0.15, -0.1) is 0 Å². The number of aliphatic hydroxyl groups is 2. The first-order chi connectivity index (χ1) is 7.56. The quantitative estimate of drug-likeness (QED) is 0.565. The third-order valence-corrected chi connectivity index (χ3v) is 2.40. The maximum Gasteiger partial charge on any atom is 0.337 e. The average Bonchev–Trinajstić information content (AvgIpc) is 2.28. The highest BCUT2D eigenvalue weighted by Crippen LogP contribution is 2.19. The molecule has 0 aliphatic rings. The van der Waals surface area contributed by atoms with Gasteiger partial charge in [0.05, 0.1) is 11.7 Å². The van der Waals surface area contributed by atoms with E-state index in [1.54, 1.807) is 0 Å². The number of aromatic nitrogens is 1. The normalized spacial score (nSPS) is 14.4. The summed E-state index contributed by atoms with van der Waals surface area (Å²) in [5.41, 5.74) is 0.267. The minimum atomic E-state index is -1.14. The highest BCUT2D eigenvalue weighted by atomic mass is 32.1. The molecule has 0 aliphatic carbocycles. The number of pyridine rings is 1. The van der Waals surface area contributed by atoms with Crippen LogP contribution in [0.4, 0.5) is 0 Å². The van der Waals surface area contributed by atoms with Crippen molar-refractivity contribution in [2.75, 3.05) is 5.75 Å². The summed E-state index contributed by atoms with van der Waals surface area (Å²) in [6.07, 6.45) is 0.728. The summed E-state index contributed by atoms with van der Waals surface area (Å²) in [6, 6.07) is 1.29. The van der Waals surface area contributed by atoms with Crippen molar-refractivity contribution in [3.05, 3.63) is 29.6 Å². The molecule has 16 heavy (non-hydrogen) atoms. The Balaban J connectivity index is 2.86. The maximum atomic E-state index is 10.7. The number of aliphatic hydroxyl groups excluding tert-OH is 2. The number of nitrogens with zero attached hydrogens (tertiary/aromatic N) is 1. The molecule has 88 valence electrons. The number of carboxylic acids is 1. The van der Waals surface area contributed by atoms with E-state index in [-0.39, 0.29) is 11.1 Å². The van der Waals surface area contributed by atoms with Gasteiger partial charge in [-0.3, -0.25) is 4.98 Å². The van der Waals surface area contributed by atoms with Gasteiger partial charge in [-0.1, -0.05) is 0 Å². The molecule has 1 heterocycles. The smallest absolute Gasteiger partial charge is 0.337 e. The van der Waals surface area contributed by atoms with Gasteiger partial charge in [0.15, 0.2) is 0 Å². The lowest BCUT2D eigenvalue weighted by Gasteiger charge is -2.17. The van der Waals surface area contributed by atoms with Gasteiger partial charge in [0.1, 0.15) is 6.10 Å². The largest absolute Gasteiger partial charge is 0.478 e. The number of carboxylic acid groups (broad SMARTS) is 1. The second-order valence-electron chi connectivity index (χ2n) is 3.34. The summed E-state index contributed by atoms with van der Waals surface area (Å²) in [4.78, 5) is 14.4. The molecule has 0 radical (unpaired) electrons. The summed E-state index contributed by atoms with van der Waals surface area (Å²) >= 11 is 3.94. The first-order valence-electron chi connectivity index (χ1n) is 4.71. The summed E-state index contributed by atoms with van der Waals surface area (Å²) < 4.78 is 0. The van der Waals surface area contributed by atoms with Gasteiger partial charge in [-0.2, -0.15) is 12.6 Å². The number of carbonyl (C=O) groups is 1. The number of rotatable bonds is 5. The summed E-state index contributed by atoms with van der Waals surface area (Å²) in [5.74, 6) is -0.685. The van der Waals surface area contributed by atoms with Crippen LogP contribution in [0.5, 0.6) is 0 Å². The predicted octanol–water partition coefficient (Wildman–Crippen LogP) is 0.494. The molecule has 6 heteroatoms. The first-order valence-corrected chi connectivity index (χ1v) is 5.34. The molecule has 0 bridgehead atoms. The van der Waals surface area contributed by atoms with Gasteiger partial charge < -0.3 is 15.3 Å². The van der Waals surface area contributed by atoms with Crippen LogP contribution in [0.3, 0.4) is 0 Å². The molecule has 0 fully saturated rings. The van der Waals surface area contributed by atoms with Crippen molar-refractivity contribution in [2.45, 2.75) is 18.6 Å². The molecule has 1 aromatic rings. The fourth-order valence-corrected chi connectivity index (χ4v) is 1.51. The van der Waals surface area contributed by atoms with E-state index in [4.69, 9.17) is 5.11 Å². The van der Waals surface area contributed by atoms with Crippen LogP contribution in [-0.2, 0) is 0 Å². The number of hydrogen-bond acceptors (Lipinski definition) is 5. The lowest BCUT2D eigenvalue weighted by atomic mass is 10.0. The zero-order valence-electron chi connectivity index (χ0n) is 8.45. The van der Waals surface area contributed by atoms with Crippen molar-refractivity contribution in [1.82, 2.24) is 4.98 Å². The number of hydrogen-bond donors (Lipinski definition) is 4. The van der Waals surface area contributed by atoms with Crippen molar-refractivity contribution >= 4 is 18.6 Å². The molecule has 5 nitrogen and oxygen atoms in total. The molecule has 0 aromatic carbocycles. The Morgan fingerprint density at radius 2 is 2.12 bits per heavy atom. The monoisotopic (exact) mass is 243 g/mol. The minimum absolute atomic E-state index is 0.0189. The van der Waals surface area contributed by atoms with Crippen LogP contribution >= 0.6 is 12.6 Å². The lowest BCUT2D eigenvalue weighted by molar-refractivity contribution is 0.0169. The zero-order valence-corrected chi connectivity index (χ0v) is 9.34. The molecular formula is C10H13NO4S. The SMILES string of the molecule is O=C(O)c1cncc(C(O)C(O)CCS)c1. The highest BCUT2D eigenvalue weighted by molar-refractivity contribution is 7.80. The third-order valence-electron chi connectivity index (χ3n) is 2.14. The van der Waals surface area contributed by atoms with Crippen molar-refractivity contribution in [1.29, 1.82) is 0 Å². The zero-order chi connectivity index (χ0) is 12.1. The van der Waals surface area contributed by atoms with Crippen LogP contribution in [0.15, 0.2) is 18.5 Å². The fraction of sp³-hybridized carbons (Fsp3) is 0.400. The molecule has 0 saturated heterocycles. The van der Waals surface area contributed by atoms with E-state index in [1.165, 1.54) is 18.5 Å². The Bertz CT molecular complexity index is 372. The van der Waals surface area contributed by atoms with Gasteiger partial charge in [-0.25, -0.2) is 4.79 Å². The van der Waals surface area contributed by atoms with Crippen molar-refractivity contribution in [3.8, 4) is 0 Å². The Morgan fingerprint density at radius 3 is 2.69 bits per heavy atom. The molecule has 3 N–H and O–H groups in total. The summed E-state index contributed by atoms with van der Waals surface area (Å²) in [5, 5.41) is 28.0. The average molecular weight is 243 g/mol. The summed E-state index contributed by atoms with van der Waals surface area (Å²) in [7, 11) is 0. The van der Waals surface area contributed by atoms with Gasteiger partial charge in [0.25, 0.3) is 0 Å². The maximum absolute atomic E-state index is 10.7. The van der Waals surface area contributed by atoms with Gasteiger partial charge >= 0.3 is 5.97 Å². The molecule has 1 rings (SSSR count). The Labute approximate surface area is 98.2 Å². The first kappa shape index (κ1) is 13.0. The Kier molecular flexibility index (Phi) is 4.72. The second-order valence-corrected chi connectivity index (χ2v) is 3.78. The molecule has 0 amide bonds. The van der Waals surface area contributed by atoms with E-state index in [0.29, 0.717) is 12.2 Å². The molecule has 0 aliphatic heterocycles. The number of aromatic carboxylic acids is 1. The highest BCUT2D eigenvalue weighted by Gasteiger charge is 2.19. The topological polar surface area (TPSA) is 90.7 Å². The Hall–Kier alpha value is -1.11. The van der Waals surface area contributed by atoms with E-state index in [0.717, 1.165) is 0 Å². The van der Waals surface area contributed by atoms with Crippen LogP contribution < -0.4 is 0 Å². The minimum Gasteiger partial charge on any atom is -0.478 e. The van der Waals surface area contributed by atoms with Crippen molar-refractivity contribution in [3.63, 3.8) is 0 Å². The molecule has 2 unspecified atom stereocenters. The van der Waals surface area contributed by atoms with E-state index in [1.807, 2.05) is 0 Å². The molecule has 1 aromatic heterocycles.